The summed E-state index contributed by atoms with van der Waals surface area (Å²) >= 11 is 0. The molecule has 1 amide bonds. The summed E-state index contributed by atoms with van der Waals surface area (Å²) in [6.45, 7) is 10.1. The first-order valence-corrected chi connectivity index (χ1v) is 9.06. The van der Waals surface area contributed by atoms with Crippen LogP contribution in [0.3, 0.4) is 0 Å². The Labute approximate surface area is 162 Å². The summed E-state index contributed by atoms with van der Waals surface area (Å²) < 4.78 is 5.60. The molecule has 0 radical (unpaired) electrons. The SMILES string of the molecule is CC(C)(C)CC(C)(C)NC(=O)C1c2ccc(O)cc2Oc2[nH]c(=O)[nH]c(=O)c21. The standard InChI is InChI=1S/C20H25N3O5/c1-19(2,3)9-20(4,5)23-16(26)13-11-7-6-10(24)8-12(11)28-17-14(13)15(25)21-18(27)22-17/h6-8,13,24H,9H2,1-5H3,(H,23,26)(H2,21,22,25,27). The normalized spacial score (nSPS) is 16.0. The van der Waals surface area contributed by atoms with Crippen molar-refractivity contribution in [3.63, 3.8) is 0 Å². The third kappa shape index (κ3) is 3.95. The number of benzene rings is 1. The lowest BCUT2D eigenvalue weighted by atomic mass is 9.81. The van der Waals surface area contributed by atoms with Crippen LogP contribution in [0.4, 0.5) is 0 Å². The lowest BCUT2D eigenvalue weighted by Gasteiger charge is -2.35. The molecular weight excluding hydrogens is 362 g/mol. The summed E-state index contributed by atoms with van der Waals surface area (Å²) in [4.78, 5) is 42.0. The van der Waals surface area contributed by atoms with Crippen LogP contribution in [0.15, 0.2) is 27.8 Å². The van der Waals surface area contributed by atoms with E-state index in [0.717, 1.165) is 0 Å². The van der Waals surface area contributed by atoms with Gasteiger partial charge in [0.25, 0.3) is 5.56 Å². The van der Waals surface area contributed by atoms with Crippen LogP contribution in [0.2, 0.25) is 0 Å². The Bertz CT molecular complexity index is 1040. The molecule has 2 heterocycles. The first kappa shape index (κ1) is 19.7. The van der Waals surface area contributed by atoms with E-state index in [4.69, 9.17) is 4.74 Å². The minimum Gasteiger partial charge on any atom is -0.508 e. The molecule has 4 N–H and O–H groups in total. The highest BCUT2D eigenvalue weighted by atomic mass is 16.5. The summed E-state index contributed by atoms with van der Waals surface area (Å²) in [5.41, 5.74) is -1.50. The van der Waals surface area contributed by atoms with Gasteiger partial charge >= 0.3 is 5.69 Å². The Balaban J connectivity index is 2.09. The predicted octanol–water partition coefficient (Wildman–Crippen LogP) is 2.34. The van der Waals surface area contributed by atoms with Crippen molar-refractivity contribution >= 4 is 5.91 Å². The van der Waals surface area contributed by atoms with Gasteiger partial charge in [-0.05, 0) is 31.7 Å². The van der Waals surface area contributed by atoms with Gasteiger partial charge in [-0.2, -0.15) is 0 Å². The number of nitrogens with one attached hydrogen (secondary N) is 3. The number of carbonyl (C=O) groups is 1. The van der Waals surface area contributed by atoms with Crippen LogP contribution in [-0.4, -0.2) is 26.5 Å². The fourth-order valence-corrected chi connectivity index (χ4v) is 3.98. The highest BCUT2D eigenvalue weighted by molar-refractivity contribution is 5.89. The molecule has 1 unspecified atom stereocenters. The second kappa shape index (κ2) is 6.54. The zero-order valence-electron chi connectivity index (χ0n) is 16.6. The maximum Gasteiger partial charge on any atom is 0.328 e. The molecule has 0 bridgehead atoms. The molecule has 0 saturated carbocycles. The third-order valence-corrected chi connectivity index (χ3v) is 4.45. The number of carbonyl (C=O) groups excluding carboxylic acids is 1. The summed E-state index contributed by atoms with van der Waals surface area (Å²) in [7, 11) is 0. The number of hydrogen-bond acceptors (Lipinski definition) is 5. The van der Waals surface area contributed by atoms with Gasteiger partial charge in [0, 0.05) is 17.2 Å². The maximum absolute atomic E-state index is 13.3. The van der Waals surface area contributed by atoms with Gasteiger partial charge in [-0.3, -0.25) is 19.6 Å². The molecule has 150 valence electrons. The van der Waals surface area contributed by atoms with Crippen molar-refractivity contribution in [3.8, 4) is 17.4 Å². The number of hydrogen-bond donors (Lipinski definition) is 4. The average Bonchev–Trinajstić information content (AvgIpc) is 2.49. The summed E-state index contributed by atoms with van der Waals surface area (Å²) in [6.07, 6.45) is 0.715. The fraction of sp³-hybridized carbons (Fsp3) is 0.450. The van der Waals surface area contributed by atoms with Crippen molar-refractivity contribution in [2.24, 2.45) is 5.41 Å². The zero-order chi connectivity index (χ0) is 20.9. The molecule has 3 rings (SSSR count). The number of aromatic nitrogens is 2. The third-order valence-electron chi connectivity index (χ3n) is 4.45. The molecule has 1 aliphatic heterocycles. The lowest BCUT2D eigenvalue weighted by molar-refractivity contribution is -0.123. The molecular formula is C20H25N3O5. The number of phenols is 1. The molecule has 1 aromatic carbocycles. The van der Waals surface area contributed by atoms with Crippen LogP contribution in [0.5, 0.6) is 17.4 Å². The van der Waals surface area contributed by atoms with Crippen LogP contribution in [0.1, 0.15) is 58.1 Å². The summed E-state index contributed by atoms with van der Waals surface area (Å²) in [5.74, 6) is -1.31. The van der Waals surface area contributed by atoms with E-state index in [9.17, 15) is 19.5 Å². The van der Waals surface area contributed by atoms with Crippen molar-refractivity contribution < 1.29 is 14.6 Å². The number of phenolic OH excluding ortho intramolecular Hbond substituents is 1. The summed E-state index contributed by atoms with van der Waals surface area (Å²) in [6, 6.07) is 4.31. The number of aromatic amines is 2. The predicted molar refractivity (Wildman–Crippen MR) is 104 cm³/mol. The van der Waals surface area contributed by atoms with Crippen molar-refractivity contribution in [2.75, 3.05) is 0 Å². The van der Waals surface area contributed by atoms with E-state index in [2.05, 4.69) is 36.1 Å². The largest absolute Gasteiger partial charge is 0.508 e. The molecule has 1 atom stereocenters. The van der Waals surface area contributed by atoms with E-state index in [1.54, 1.807) is 6.07 Å². The second-order valence-corrected chi connectivity index (χ2v) is 9.02. The van der Waals surface area contributed by atoms with Gasteiger partial charge in [0.15, 0.2) is 0 Å². The van der Waals surface area contributed by atoms with Gasteiger partial charge in [-0.1, -0.05) is 26.8 Å². The zero-order valence-corrected chi connectivity index (χ0v) is 16.6. The fourth-order valence-electron chi connectivity index (χ4n) is 3.98. The second-order valence-electron chi connectivity index (χ2n) is 9.02. The number of fused-ring (bicyclic) bond motifs is 2. The average molecular weight is 387 g/mol. The minimum atomic E-state index is -0.987. The molecule has 0 aliphatic carbocycles. The number of amides is 1. The van der Waals surface area contributed by atoms with E-state index in [1.807, 2.05) is 13.8 Å². The Morgan fingerprint density at radius 1 is 1.18 bits per heavy atom. The smallest absolute Gasteiger partial charge is 0.328 e. The van der Waals surface area contributed by atoms with Gasteiger partial charge < -0.3 is 15.2 Å². The number of H-pyrrole nitrogens is 2. The molecule has 1 aliphatic rings. The highest BCUT2D eigenvalue weighted by Crippen LogP contribution is 2.43. The molecule has 8 heteroatoms. The van der Waals surface area contributed by atoms with Crippen LogP contribution >= 0.6 is 0 Å². The number of ether oxygens (including phenoxy) is 1. The lowest BCUT2D eigenvalue weighted by Crippen LogP contribution is -2.49. The molecule has 1 aromatic heterocycles. The molecule has 0 fully saturated rings. The van der Waals surface area contributed by atoms with E-state index < -0.39 is 22.7 Å². The number of aromatic hydroxyl groups is 1. The Morgan fingerprint density at radius 3 is 2.50 bits per heavy atom. The first-order chi connectivity index (χ1) is 12.9. The van der Waals surface area contributed by atoms with Gasteiger partial charge in [-0.15, -0.1) is 0 Å². The molecule has 2 aromatic rings. The van der Waals surface area contributed by atoms with Crippen LogP contribution in [-0.2, 0) is 4.79 Å². The van der Waals surface area contributed by atoms with Crippen molar-refractivity contribution in [1.29, 1.82) is 0 Å². The Morgan fingerprint density at radius 2 is 1.86 bits per heavy atom. The summed E-state index contributed by atoms with van der Waals surface area (Å²) in [5, 5.41) is 12.8. The van der Waals surface area contributed by atoms with E-state index in [0.29, 0.717) is 12.0 Å². The number of rotatable bonds is 3. The van der Waals surface area contributed by atoms with Gasteiger partial charge in [0.05, 0.1) is 5.56 Å². The van der Waals surface area contributed by atoms with Crippen LogP contribution in [0.25, 0.3) is 0 Å². The van der Waals surface area contributed by atoms with Gasteiger partial charge in [0.2, 0.25) is 11.8 Å². The minimum absolute atomic E-state index is 0.0171. The van der Waals surface area contributed by atoms with E-state index in [-0.39, 0.29) is 34.3 Å². The van der Waals surface area contributed by atoms with Crippen LogP contribution < -0.4 is 21.3 Å². The maximum atomic E-state index is 13.3. The monoisotopic (exact) mass is 387 g/mol. The van der Waals surface area contributed by atoms with Crippen molar-refractivity contribution in [3.05, 3.63) is 50.2 Å². The van der Waals surface area contributed by atoms with Gasteiger partial charge in [-0.25, -0.2) is 4.79 Å². The van der Waals surface area contributed by atoms with E-state index in [1.165, 1.54) is 12.1 Å². The Hall–Kier alpha value is -3.03. The molecule has 28 heavy (non-hydrogen) atoms. The topological polar surface area (TPSA) is 124 Å². The molecule has 8 nitrogen and oxygen atoms in total. The van der Waals surface area contributed by atoms with Crippen LogP contribution in [0, 0.1) is 5.41 Å². The molecule has 0 saturated heterocycles. The van der Waals surface area contributed by atoms with Crippen molar-refractivity contribution in [1.82, 2.24) is 15.3 Å². The highest BCUT2D eigenvalue weighted by Gasteiger charge is 2.38. The Kier molecular flexibility index (Phi) is 4.61. The molecule has 0 spiro atoms. The van der Waals surface area contributed by atoms with E-state index >= 15 is 0 Å². The quantitative estimate of drug-likeness (QED) is 0.643. The van der Waals surface area contributed by atoms with Crippen molar-refractivity contribution in [2.45, 2.75) is 52.5 Å². The first-order valence-electron chi connectivity index (χ1n) is 9.06. The van der Waals surface area contributed by atoms with Gasteiger partial charge in [0.1, 0.15) is 17.4 Å².